The number of thiazole rings is 1. The van der Waals surface area contributed by atoms with Crippen LogP contribution in [0.1, 0.15) is 38.1 Å². The monoisotopic (exact) mass is 416 g/mol. The summed E-state index contributed by atoms with van der Waals surface area (Å²) < 4.78 is 14.1. The fourth-order valence-corrected chi connectivity index (χ4v) is 3.47. The number of benzene rings is 1. The summed E-state index contributed by atoms with van der Waals surface area (Å²) >= 11 is 1.53. The molecule has 3 rings (SSSR count). The van der Waals surface area contributed by atoms with Gasteiger partial charge in [-0.15, -0.1) is 11.3 Å². The number of hydrogen-bond acceptors (Lipinski definition) is 6. The number of halogens is 1. The third-order valence-corrected chi connectivity index (χ3v) is 5.29. The van der Waals surface area contributed by atoms with Gasteiger partial charge < -0.3 is 15.7 Å². The molecule has 0 fully saturated rings. The van der Waals surface area contributed by atoms with Crippen LogP contribution < -0.4 is 10.6 Å². The largest absolute Gasteiger partial charge is 0.387 e. The molecule has 2 aromatic heterocycles. The van der Waals surface area contributed by atoms with Gasteiger partial charge in [0.15, 0.2) is 0 Å². The van der Waals surface area contributed by atoms with Crippen LogP contribution in [-0.2, 0) is 0 Å². The molecule has 6 nitrogen and oxygen atoms in total. The Morgan fingerprint density at radius 2 is 2.07 bits per heavy atom. The summed E-state index contributed by atoms with van der Waals surface area (Å²) in [5, 5.41) is 16.4. The van der Waals surface area contributed by atoms with Crippen molar-refractivity contribution in [2.24, 2.45) is 0 Å². The van der Waals surface area contributed by atoms with Crippen molar-refractivity contribution in [2.75, 3.05) is 11.9 Å². The molecule has 154 valence electrons. The second-order valence-corrected chi connectivity index (χ2v) is 8.66. The number of nitrogens with one attached hydrogen (secondary N) is 2. The molecule has 0 unspecified atom stereocenters. The predicted molar refractivity (Wildman–Crippen MR) is 115 cm³/mol. The molecular formula is C21H25FN4O2S. The van der Waals surface area contributed by atoms with Crippen molar-refractivity contribution in [3.8, 4) is 10.4 Å². The lowest BCUT2D eigenvalue weighted by Gasteiger charge is -2.23. The third-order valence-electron chi connectivity index (χ3n) is 4.47. The number of nitrogens with zero attached hydrogens (tertiary/aromatic N) is 2. The van der Waals surface area contributed by atoms with Crippen LogP contribution >= 0.6 is 11.3 Å². The molecule has 0 bridgehead atoms. The van der Waals surface area contributed by atoms with Gasteiger partial charge in [-0.3, -0.25) is 14.8 Å². The van der Waals surface area contributed by atoms with Gasteiger partial charge in [-0.25, -0.2) is 4.39 Å². The summed E-state index contributed by atoms with van der Waals surface area (Å²) in [5.74, 6) is -0.447. The number of anilines is 1. The van der Waals surface area contributed by atoms with Crippen molar-refractivity contribution in [3.63, 3.8) is 0 Å². The molecule has 0 aliphatic heterocycles. The number of amides is 1. The summed E-state index contributed by atoms with van der Waals surface area (Å²) in [5.41, 5.74) is 2.95. The van der Waals surface area contributed by atoms with Crippen molar-refractivity contribution in [3.05, 3.63) is 41.7 Å². The normalized spacial score (nSPS) is 12.9. The van der Waals surface area contributed by atoms with Gasteiger partial charge in [0.25, 0.3) is 5.91 Å². The van der Waals surface area contributed by atoms with Gasteiger partial charge in [-0.1, -0.05) is 6.07 Å². The predicted octanol–water partition coefficient (Wildman–Crippen LogP) is 4.02. The van der Waals surface area contributed by atoms with Crippen LogP contribution in [0.4, 0.5) is 10.1 Å². The SMILES string of the molecule is CC(C)Nc1c(C(=O)NC[C@@H](F)C(C)(C)O)cnc2ccc(-c3cncs3)cc12. The zero-order chi connectivity index (χ0) is 21.2. The zero-order valence-electron chi connectivity index (χ0n) is 16.9. The average Bonchev–Trinajstić information content (AvgIpc) is 3.19. The Kier molecular flexibility index (Phi) is 6.14. The number of pyridine rings is 1. The number of aliphatic hydroxyl groups is 1. The summed E-state index contributed by atoms with van der Waals surface area (Å²) in [4.78, 5) is 22.3. The van der Waals surface area contributed by atoms with Crippen LogP contribution in [0.2, 0.25) is 0 Å². The highest BCUT2D eigenvalue weighted by Crippen LogP contribution is 2.32. The number of alkyl halides is 1. The summed E-state index contributed by atoms with van der Waals surface area (Å²) in [6.07, 6.45) is 1.70. The summed E-state index contributed by atoms with van der Waals surface area (Å²) in [7, 11) is 0. The van der Waals surface area contributed by atoms with Gasteiger partial charge >= 0.3 is 0 Å². The van der Waals surface area contributed by atoms with E-state index in [1.165, 1.54) is 31.4 Å². The number of rotatable bonds is 7. The standard InChI is InChI=1S/C21H25FN4O2S/c1-12(2)26-19-14-7-13(17-9-23-11-29-17)5-6-16(14)24-8-15(19)20(27)25-10-18(22)21(3,4)28/h5-9,11-12,18,28H,10H2,1-4H3,(H,24,26)(H,25,27)/t18-/m1/s1. The second-order valence-electron chi connectivity index (χ2n) is 7.77. The highest BCUT2D eigenvalue weighted by Gasteiger charge is 2.27. The Hall–Kier alpha value is -2.58. The molecule has 29 heavy (non-hydrogen) atoms. The van der Waals surface area contributed by atoms with Gasteiger partial charge in [0.1, 0.15) is 6.17 Å². The molecule has 0 spiro atoms. The minimum atomic E-state index is -1.58. The van der Waals surface area contributed by atoms with E-state index in [4.69, 9.17) is 0 Å². The lowest BCUT2D eigenvalue weighted by atomic mass is 10.0. The zero-order valence-corrected chi connectivity index (χ0v) is 17.7. The molecule has 1 amide bonds. The molecule has 0 radical (unpaired) electrons. The van der Waals surface area contributed by atoms with E-state index in [1.54, 1.807) is 11.7 Å². The first-order valence-corrected chi connectivity index (χ1v) is 10.3. The molecule has 0 aliphatic carbocycles. The van der Waals surface area contributed by atoms with Crippen LogP contribution in [-0.4, -0.2) is 45.3 Å². The van der Waals surface area contributed by atoms with Crippen molar-refractivity contribution >= 4 is 33.8 Å². The third kappa shape index (κ3) is 4.89. The van der Waals surface area contributed by atoms with E-state index in [2.05, 4.69) is 20.6 Å². The number of aromatic nitrogens is 2. The van der Waals surface area contributed by atoms with Gasteiger partial charge in [0, 0.05) is 23.8 Å². The minimum absolute atomic E-state index is 0.0736. The number of fused-ring (bicyclic) bond motifs is 1. The van der Waals surface area contributed by atoms with Gasteiger partial charge in [0.2, 0.25) is 0 Å². The van der Waals surface area contributed by atoms with E-state index in [-0.39, 0.29) is 12.6 Å². The molecule has 3 aromatic rings. The molecule has 8 heteroatoms. The molecule has 1 aromatic carbocycles. The van der Waals surface area contributed by atoms with E-state index in [0.29, 0.717) is 11.3 Å². The highest BCUT2D eigenvalue weighted by atomic mass is 32.1. The Labute approximate surface area is 173 Å². The Bertz CT molecular complexity index is 1000. The molecule has 0 saturated carbocycles. The van der Waals surface area contributed by atoms with Crippen molar-refractivity contribution in [1.29, 1.82) is 0 Å². The van der Waals surface area contributed by atoms with Crippen molar-refractivity contribution < 1.29 is 14.3 Å². The molecule has 3 N–H and O–H groups in total. The summed E-state index contributed by atoms with van der Waals surface area (Å²) in [6.45, 7) is 6.41. The summed E-state index contributed by atoms with van der Waals surface area (Å²) in [6, 6.07) is 5.93. The smallest absolute Gasteiger partial charge is 0.255 e. The number of hydrogen-bond donors (Lipinski definition) is 3. The lowest BCUT2D eigenvalue weighted by molar-refractivity contribution is -0.00177. The van der Waals surface area contributed by atoms with Crippen LogP contribution in [0.5, 0.6) is 0 Å². The van der Waals surface area contributed by atoms with E-state index in [1.807, 2.05) is 32.0 Å². The van der Waals surface area contributed by atoms with E-state index < -0.39 is 17.7 Å². The van der Waals surface area contributed by atoms with Gasteiger partial charge in [-0.05, 0) is 45.4 Å². The number of carbonyl (C=O) groups excluding carboxylic acids is 1. The fourth-order valence-electron chi connectivity index (χ4n) is 2.85. The first-order chi connectivity index (χ1) is 13.7. The fraction of sp³-hybridized carbons (Fsp3) is 0.381. The Balaban J connectivity index is 2.00. The van der Waals surface area contributed by atoms with Crippen LogP contribution in [0.3, 0.4) is 0 Å². The average molecular weight is 417 g/mol. The minimum Gasteiger partial charge on any atom is -0.387 e. The maximum absolute atomic E-state index is 14.1. The highest BCUT2D eigenvalue weighted by molar-refractivity contribution is 7.13. The Morgan fingerprint density at radius 1 is 1.31 bits per heavy atom. The van der Waals surface area contributed by atoms with Crippen LogP contribution in [0, 0.1) is 0 Å². The maximum atomic E-state index is 14.1. The molecule has 2 heterocycles. The Morgan fingerprint density at radius 3 is 2.69 bits per heavy atom. The lowest BCUT2D eigenvalue weighted by Crippen LogP contribution is -2.42. The molecule has 0 saturated heterocycles. The van der Waals surface area contributed by atoms with E-state index in [0.717, 1.165) is 21.3 Å². The maximum Gasteiger partial charge on any atom is 0.255 e. The van der Waals surface area contributed by atoms with Gasteiger partial charge in [0.05, 0.1) is 39.3 Å². The van der Waals surface area contributed by atoms with E-state index in [9.17, 15) is 14.3 Å². The molecule has 0 aliphatic rings. The first-order valence-electron chi connectivity index (χ1n) is 9.39. The topological polar surface area (TPSA) is 87.1 Å². The van der Waals surface area contributed by atoms with Gasteiger partial charge in [-0.2, -0.15) is 0 Å². The van der Waals surface area contributed by atoms with Crippen molar-refractivity contribution in [2.45, 2.75) is 45.5 Å². The second kappa shape index (κ2) is 8.42. The molecular weight excluding hydrogens is 391 g/mol. The quantitative estimate of drug-likeness (QED) is 0.542. The number of carbonyl (C=O) groups is 1. The van der Waals surface area contributed by atoms with Crippen LogP contribution in [0.25, 0.3) is 21.3 Å². The van der Waals surface area contributed by atoms with Crippen molar-refractivity contribution in [1.82, 2.24) is 15.3 Å². The van der Waals surface area contributed by atoms with Crippen LogP contribution in [0.15, 0.2) is 36.1 Å². The molecule has 1 atom stereocenters. The van der Waals surface area contributed by atoms with E-state index >= 15 is 0 Å². The first kappa shape index (κ1) is 21.1.